The van der Waals surface area contributed by atoms with Gasteiger partial charge in [-0.05, 0) is 54.2 Å². The van der Waals surface area contributed by atoms with E-state index >= 15 is 0 Å². The first-order valence-corrected chi connectivity index (χ1v) is 13.7. The van der Waals surface area contributed by atoms with Gasteiger partial charge in [-0.25, -0.2) is 26.3 Å². The molecule has 0 unspecified atom stereocenters. The molecule has 10 heteroatoms. The van der Waals surface area contributed by atoms with E-state index in [1.807, 2.05) is 39.8 Å². The van der Waals surface area contributed by atoms with E-state index in [9.17, 15) is 16.8 Å². The third-order valence-electron chi connectivity index (χ3n) is 5.22. The third kappa shape index (κ3) is 6.69. The van der Waals surface area contributed by atoms with E-state index in [0.29, 0.717) is 0 Å². The molecule has 0 heterocycles. The topological polar surface area (TPSA) is 111 Å². The molecule has 0 aliphatic heterocycles. The van der Waals surface area contributed by atoms with Gasteiger partial charge in [-0.3, -0.25) is 0 Å². The molecule has 0 aliphatic rings. The second-order valence-electron chi connectivity index (χ2n) is 8.50. The molecule has 0 saturated carbocycles. The Morgan fingerprint density at radius 1 is 0.727 bits per heavy atom. The minimum atomic E-state index is -3.96. The molecule has 2 N–H and O–H groups in total. The van der Waals surface area contributed by atoms with Crippen molar-refractivity contribution >= 4 is 20.0 Å². The smallest absolute Gasteiger partial charge is 0.244 e. The van der Waals surface area contributed by atoms with Gasteiger partial charge in [0.15, 0.2) is 0 Å². The van der Waals surface area contributed by atoms with Crippen LogP contribution in [0.4, 0.5) is 0 Å². The summed E-state index contributed by atoms with van der Waals surface area (Å²) in [7, 11) is -5.09. The van der Waals surface area contributed by atoms with Crippen LogP contribution in [0.1, 0.15) is 57.6 Å². The van der Waals surface area contributed by atoms with E-state index in [4.69, 9.17) is 9.47 Å². The molecule has 0 aliphatic carbocycles. The van der Waals surface area contributed by atoms with Crippen LogP contribution < -0.4 is 18.9 Å². The lowest BCUT2D eigenvalue weighted by Crippen LogP contribution is -2.41. The van der Waals surface area contributed by atoms with Gasteiger partial charge in [-0.2, -0.15) is 0 Å². The number of nitrogens with one attached hydrogen (secondary N) is 2. The van der Waals surface area contributed by atoms with Gasteiger partial charge in [0.05, 0.1) is 14.2 Å². The normalized spacial score (nSPS) is 13.4. The first-order chi connectivity index (χ1) is 15.3. The number of rotatable bonds is 11. The van der Waals surface area contributed by atoms with Crippen molar-refractivity contribution in [1.82, 2.24) is 9.44 Å². The molecule has 2 aromatic carbocycles. The van der Waals surface area contributed by atoms with E-state index in [-0.39, 0.29) is 39.7 Å². The van der Waals surface area contributed by atoms with Crippen LogP contribution in [0.5, 0.6) is 11.5 Å². The average molecular weight is 499 g/mol. The average Bonchev–Trinajstić information content (AvgIpc) is 2.76. The molecule has 0 spiro atoms. The second-order valence-corrected chi connectivity index (χ2v) is 11.9. The molecule has 33 heavy (non-hydrogen) atoms. The number of methoxy groups -OCH3 is 2. The maximum atomic E-state index is 13.0. The summed E-state index contributed by atoms with van der Waals surface area (Å²) in [5.74, 6) is 0.697. The molecule has 2 rings (SSSR count). The molecular formula is C23H34N2O6S2. The highest BCUT2D eigenvalue weighted by Gasteiger charge is 2.25. The molecule has 1 atom stereocenters. The quantitative estimate of drug-likeness (QED) is 0.490. The lowest BCUT2D eigenvalue weighted by atomic mass is 10.0. The highest BCUT2D eigenvalue weighted by atomic mass is 32.2. The van der Waals surface area contributed by atoms with Gasteiger partial charge in [0, 0.05) is 12.6 Å². The molecule has 0 bridgehead atoms. The van der Waals surface area contributed by atoms with Crippen LogP contribution in [-0.4, -0.2) is 43.6 Å². The molecule has 8 nitrogen and oxygen atoms in total. The van der Waals surface area contributed by atoms with E-state index < -0.39 is 26.1 Å². The Labute approximate surface area is 197 Å². The Balaban J connectivity index is 2.23. The zero-order valence-corrected chi connectivity index (χ0v) is 21.8. The van der Waals surface area contributed by atoms with Gasteiger partial charge in [0.25, 0.3) is 0 Å². The van der Waals surface area contributed by atoms with Crippen molar-refractivity contribution in [2.75, 3.05) is 20.8 Å². The van der Waals surface area contributed by atoms with Crippen LogP contribution in [-0.2, 0) is 20.0 Å². The van der Waals surface area contributed by atoms with Gasteiger partial charge in [0.2, 0.25) is 20.0 Å². The number of benzene rings is 2. The highest BCUT2D eigenvalue weighted by molar-refractivity contribution is 7.90. The summed E-state index contributed by atoms with van der Waals surface area (Å²) in [5, 5.41) is 0. The number of ether oxygens (including phenoxy) is 2. The molecule has 0 saturated heterocycles. The van der Waals surface area contributed by atoms with Crippen molar-refractivity contribution in [3.05, 3.63) is 47.5 Å². The standard InChI is InChI=1S/C23H34N2O6S2/c1-15(2)18-8-10-20(30-6)22(12-18)32(26,27)24-14-17(5)25-33(28,29)23-13-19(16(3)4)9-11-21(23)31-7/h8-13,15-17,24-25H,14H2,1-7H3/t17-/m1/s1. The first-order valence-electron chi connectivity index (χ1n) is 10.7. The Bertz CT molecular complexity index is 1180. The lowest BCUT2D eigenvalue weighted by Gasteiger charge is -2.19. The maximum absolute atomic E-state index is 13.0. The third-order valence-corrected chi connectivity index (χ3v) is 8.28. The van der Waals surface area contributed by atoms with Gasteiger partial charge >= 0.3 is 0 Å². The number of sulfonamides is 2. The largest absolute Gasteiger partial charge is 0.495 e. The van der Waals surface area contributed by atoms with Gasteiger partial charge in [-0.1, -0.05) is 39.8 Å². The summed E-state index contributed by atoms with van der Waals surface area (Å²) >= 11 is 0. The fourth-order valence-corrected chi connectivity index (χ4v) is 5.99. The second kappa shape index (κ2) is 10.9. The summed E-state index contributed by atoms with van der Waals surface area (Å²) < 4.78 is 67.4. The van der Waals surface area contributed by atoms with E-state index in [2.05, 4.69) is 9.44 Å². The Morgan fingerprint density at radius 2 is 1.15 bits per heavy atom. The molecular weight excluding hydrogens is 464 g/mol. The molecule has 0 radical (unpaired) electrons. The van der Waals surface area contributed by atoms with Gasteiger partial charge in [-0.15, -0.1) is 0 Å². The summed E-state index contributed by atoms with van der Waals surface area (Å²) in [6.07, 6.45) is 0. The van der Waals surface area contributed by atoms with Gasteiger partial charge < -0.3 is 9.47 Å². The van der Waals surface area contributed by atoms with Crippen LogP contribution in [0.25, 0.3) is 0 Å². The zero-order valence-electron chi connectivity index (χ0n) is 20.2. The summed E-state index contributed by atoms with van der Waals surface area (Å²) in [5.41, 5.74) is 1.70. The van der Waals surface area contributed by atoms with Crippen LogP contribution in [0.3, 0.4) is 0 Å². The molecule has 0 fully saturated rings. The lowest BCUT2D eigenvalue weighted by molar-refractivity contribution is 0.401. The summed E-state index contributed by atoms with van der Waals surface area (Å²) in [4.78, 5) is 0.0229. The number of hydrogen-bond acceptors (Lipinski definition) is 6. The van der Waals surface area contributed by atoms with E-state index in [1.54, 1.807) is 31.2 Å². The molecule has 0 amide bonds. The monoisotopic (exact) mass is 498 g/mol. The number of hydrogen-bond donors (Lipinski definition) is 2. The predicted molar refractivity (Wildman–Crippen MR) is 129 cm³/mol. The van der Waals surface area contributed by atoms with E-state index in [1.165, 1.54) is 14.2 Å². The minimum absolute atomic E-state index is 0.0113. The molecule has 0 aromatic heterocycles. The van der Waals surface area contributed by atoms with Crippen LogP contribution >= 0.6 is 0 Å². The highest BCUT2D eigenvalue weighted by Crippen LogP contribution is 2.29. The van der Waals surface area contributed by atoms with Crippen molar-refractivity contribution in [1.29, 1.82) is 0 Å². The van der Waals surface area contributed by atoms with Crippen molar-refractivity contribution in [2.24, 2.45) is 0 Å². The molecule has 2 aromatic rings. The predicted octanol–water partition coefficient (Wildman–Crippen LogP) is 3.60. The first kappa shape index (κ1) is 27.1. The summed E-state index contributed by atoms with van der Waals surface area (Å²) in [6, 6.07) is 9.29. The Hall–Kier alpha value is -2.14. The van der Waals surface area contributed by atoms with E-state index in [0.717, 1.165) is 11.1 Å². The SMILES string of the molecule is COc1ccc(C(C)C)cc1S(=O)(=O)NC[C@@H](C)NS(=O)(=O)c1cc(C(C)C)ccc1OC. The maximum Gasteiger partial charge on any atom is 0.244 e. The summed E-state index contributed by atoms with van der Waals surface area (Å²) in [6.45, 7) is 9.29. The van der Waals surface area contributed by atoms with Crippen molar-refractivity contribution in [3.8, 4) is 11.5 Å². The molecule has 184 valence electrons. The van der Waals surface area contributed by atoms with Crippen LogP contribution in [0, 0.1) is 0 Å². The van der Waals surface area contributed by atoms with Crippen molar-refractivity contribution in [3.63, 3.8) is 0 Å². The van der Waals surface area contributed by atoms with Gasteiger partial charge in [0.1, 0.15) is 21.3 Å². The van der Waals surface area contributed by atoms with Crippen molar-refractivity contribution in [2.45, 2.75) is 62.3 Å². The fraction of sp³-hybridized carbons (Fsp3) is 0.478. The Kier molecular flexibility index (Phi) is 8.92. The zero-order chi connectivity index (χ0) is 25.0. The fourth-order valence-electron chi connectivity index (χ4n) is 3.21. The minimum Gasteiger partial charge on any atom is -0.495 e. The van der Waals surface area contributed by atoms with Crippen molar-refractivity contribution < 1.29 is 26.3 Å². The Morgan fingerprint density at radius 3 is 1.55 bits per heavy atom. The van der Waals surface area contributed by atoms with Crippen LogP contribution in [0.15, 0.2) is 46.2 Å². The van der Waals surface area contributed by atoms with Crippen LogP contribution in [0.2, 0.25) is 0 Å².